The molecular weight excluding hydrogens is 218 g/mol. The first-order valence-corrected chi connectivity index (χ1v) is 4.43. The first-order valence-electron chi connectivity index (χ1n) is 3.64. The van der Waals surface area contributed by atoms with E-state index in [4.69, 9.17) is 0 Å². The van der Waals surface area contributed by atoms with Crippen molar-refractivity contribution in [3.8, 4) is 0 Å². The predicted octanol–water partition coefficient (Wildman–Crippen LogP) is 2.04. The van der Waals surface area contributed by atoms with Crippen LogP contribution in [-0.4, -0.2) is 15.0 Å². The number of hydrogen-bond donors (Lipinski definition) is 0. The van der Waals surface area contributed by atoms with Crippen LogP contribution in [0.25, 0.3) is 11.0 Å². The molecule has 0 saturated heterocycles. The van der Waals surface area contributed by atoms with Crippen LogP contribution in [-0.2, 0) is 7.05 Å². The molecular formula is C8H8BrN3. The SMILES string of the molecule is Cc1cc(Br)c2c(c1)nnn2C. The molecule has 0 radical (unpaired) electrons. The van der Waals surface area contributed by atoms with Crippen molar-refractivity contribution >= 4 is 27.0 Å². The molecule has 1 heterocycles. The predicted molar refractivity (Wildman–Crippen MR) is 50.9 cm³/mol. The van der Waals surface area contributed by atoms with E-state index in [0.717, 1.165) is 15.5 Å². The fourth-order valence-corrected chi connectivity index (χ4v) is 2.09. The van der Waals surface area contributed by atoms with Gasteiger partial charge < -0.3 is 0 Å². The van der Waals surface area contributed by atoms with Gasteiger partial charge in [0.15, 0.2) is 0 Å². The number of nitrogens with zero attached hydrogens (tertiary/aromatic N) is 3. The Hall–Kier alpha value is -0.900. The van der Waals surface area contributed by atoms with Crippen LogP contribution in [0.3, 0.4) is 0 Å². The zero-order chi connectivity index (χ0) is 8.72. The lowest BCUT2D eigenvalue weighted by molar-refractivity contribution is 0.735. The molecule has 0 fully saturated rings. The minimum atomic E-state index is 0.935. The molecule has 0 unspecified atom stereocenters. The fraction of sp³-hybridized carbons (Fsp3) is 0.250. The molecule has 0 spiro atoms. The summed E-state index contributed by atoms with van der Waals surface area (Å²) in [5.74, 6) is 0. The van der Waals surface area contributed by atoms with Crippen LogP contribution >= 0.6 is 15.9 Å². The Morgan fingerprint density at radius 1 is 1.42 bits per heavy atom. The van der Waals surface area contributed by atoms with Crippen LogP contribution in [0.15, 0.2) is 16.6 Å². The molecule has 62 valence electrons. The molecule has 0 bridgehead atoms. The number of aromatic nitrogens is 3. The number of fused-ring (bicyclic) bond motifs is 1. The van der Waals surface area contributed by atoms with Gasteiger partial charge in [0.2, 0.25) is 0 Å². The van der Waals surface area contributed by atoms with Gasteiger partial charge in [-0.1, -0.05) is 5.21 Å². The second kappa shape index (κ2) is 2.55. The molecule has 0 aliphatic carbocycles. The van der Waals surface area contributed by atoms with Crippen LogP contribution in [0, 0.1) is 6.92 Å². The largest absolute Gasteiger partial charge is 0.247 e. The van der Waals surface area contributed by atoms with Crippen LogP contribution in [0.1, 0.15) is 5.56 Å². The van der Waals surface area contributed by atoms with Crippen LogP contribution in [0.4, 0.5) is 0 Å². The van der Waals surface area contributed by atoms with Gasteiger partial charge in [0, 0.05) is 11.5 Å². The standard InChI is InChI=1S/C8H8BrN3/c1-5-3-6(9)8-7(4-5)10-11-12(8)2/h3-4H,1-2H3. The van der Waals surface area contributed by atoms with Gasteiger partial charge >= 0.3 is 0 Å². The molecule has 0 aliphatic heterocycles. The van der Waals surface area contributed by atoms with E-state index in [1.165, 1.54) is 5.56 Å². The van der Waals surface area contributed by atoms with Gasteiger partial charge in [0.1, 0.15) is 11.0 Å². The first-order chi connectivity index (χ1) is 5.68. The maximum atomic E-state index is 4.02. The zero-order valence-electron chi connectivity index (χ0n) is 6.87. The number of benzene rings is 1. The summed E-state index contributed by atoms with van der Waals surface area (Å²) in [5.41, 5.74) is 3.17. The maximum absolute atomic E-state index is 4.02. The van der Waals surface area contributed by atoms with Crippen molar-refractivity contribution in [3.63, 3.8) is 0 Å². The molecule has 4 heteroatoms. The van der Waals surface area contributed by atoms with Gasteiger partial charge in [-0.3, -0.25) is 0 Å². The molecule has 0 N–H and O–H groups in total. The third-order valence-corrected chi connectivity index (χ3v) is 2.40. The van der Waals surface area contributed by atoms with Crippen molar-refractivity contribution in [1.82, 2.24) is 15.0 Å². The average molecular weight is 226 g/mol. The Kier molecular flexibility index (Phi) is 1.65. The minimum absolute atomic E-state index is 0.935. The molecule has 12 heavy (non-hydrogen) atoms. The molecule has 3 nitrogen and oxygen atoms in total. The van der Waals surface area contributed by atoms with E-state index in [-0.39, 0.29) is 0 Å². The summed E-state index contributed by atoms with van der Waals surface area (Å²) < 4.78 is 2.81. The van der Waals surface area contributed by atoms with Crippen molar-refractivity contribution in [2.45, 2.75) is 6.92 Å². The molecule has 2 rings (SSSR count). The lowest BCUT2D eigenvalue weighted by atomic mass is 10.2. The molecule has 0 aliphatic rings. The van der Waals surface area contributed by atoms with Gasteiger partial charge in [-0.2, -0.15) is 0 Å². The Labute approximate surface area is 78.5 Å². The summed E-state index contributed by atoms with van der Waals surface area (Å²) in [4.78, 5) is 0. The van der Waals surface area contributed by atoms with Crippen LogP contribution < -0.4 is 0 Å². The van der Waals surface area contributed by atoms with Crippen molar-refractivity contribution in [2.24, 2.45) is 7.05 Å². The Bertz CT molecular complexity index is 433. The van der Waals surface area contributed by atoms with Gasteiger partial charge in [-0.05, 0) is 40.5 Å². The molecule has 1 aromatic heterocycles. The number of aryl methyl sites for hydroxylation is 2. The Morgan fingerprint density at radius 3 is 2.92 bits per heavy atom. The molecule has 2 aromatic rings. The maximum Gasteiger partial charge on any atom is 0.114 e. The third kappa shape index (κ3) is 1.03. The van der Waals surface area contributed by atoms with Gasteiger partial charge in [-0.15, -0.1) is 5.10 Å². The topological polar surface area (TPSA) is 30.7 Å². The highest BCUT2D eigenvalue weighted by molar-refractivity contribution is 9.10. The average Bonchev–Trinajstić information content (AvgIpc) is 2.31. The third-order valence-electron chi connectivity index (χ3n) is 1.80. The minimum Gasteiger partial charge on any atom is -0.247 e. The van der Waals surface area contributed by atoms with Gasteiger partial charge in [0.05, 0.1) is 0 Å². The highest BCUT2D eigenvalue weighted by Gasteiger charge is 2.05. The fourth-order valence-electron chi connectivity index (χ4n) is 1.27. The quantitative estimate of drug-likeness (QED) is 0.688. The number of rotatable bonds is 0. The van der Waals surface area contributed by atoms with E-state index in [2.05, 4.69) is 32.3 Å². The smallest absolute Gasteiger partial charge is 0.114 e. The van der Waals surface area contributed by atoms with Crippen molar-refractivity contribution < 1.29 is 0 Å². The van der Waals surface area contributed by atoms with E-state index >= 15 is 0 Å². The van der Waals surface area contributed by atoms with E-state index in [1.54, 1.807) is 4.68 Å². The van der Waals surface area contributed by atoms with Gasteiger partial charge in [0.25, 0.3) is 0 Å². The number of halogens is 1. The summed E-state index contributed by atoms with van der Waals surface area (Å²) in [6, 6.07) is 4.08. The summed E-state index contributed by atoms with van der Waals surface area (Å²) in [5, 5.41) is 7.96. The summed E-state index contributed by atoms with van der Waals surface area (Å²) in [6.07, 6.45) is 0. The second-order valence-electron chi connectivity index (χ2n) is 2.83. The van der Waals surface area contributed by atoms with Gasteiger partial charge in [-0.25, -0.2) is 4.68 Å². The van der Waals surface area contributed by atoms with Crippen molar-refractivity contribution in [3.05, 3.63) is 22.2 Å². The monoisotopic (exact) mass is 225 g/mol. The van der Waals surface area contributed by atoms with Crippen molar-refractivity contribution in [2.75, 3.05) is 0 Å². The first kappa shape index (κ1) is 7.73. The van der Waals surface area contributed by atoms with E-state index in [1.807, 2.05) is 20.0 Å². The zero-order valence-corrected chi connectivity index (χ0v) is 8.46. The lowest BCUT2D eigenvalue weighted by Crippen LogP contribution is -1.90. The number of hydrogen-bond acceptors (Lipinski definition) is 2. The lowest BCUT2D eigenvalue weighted by Gasteiger charge is -1.97. The van der Waals surface area contributed by atoms with Crippen LogP contribution in [0.5, 0.6) is 0 Å². The Morgan fingerprint density at radius 2 is 2.17 bits per heavy atom. The summed E-state index contributed by atoms with van der Waals surface area (Å²) in [7, 11) is 1.88. The van der Waals surface area contributed by atoms with Crippen molar-refractivity contribution in [1.29, 1.82) is 0 Å². The summed E-state index contributed by atoms with van der Waals surface area (Å²) in [6.45, 7) is 2.04. The molecule has 0 amide bonds. The van der Waals surface area contributed by atoms with E-state index in [0.29, 0.717) is 0 Å². The molecule has 1 aromatic carbocycles. The van der Waals surface area contributed by atoms with E-state index < -0.39 is 0 Å². The second-order valence-corrected chi connectivity index (χ2v) is 3.68. The normalized spacial score (nSPS) is 10.9. The molecule has 0 atom stereocenters. The molecule has 0 saturated carbocycles. The Balaban J connectivity index is 2.93. The highest BCUT2D eigenvalue weighted by Crippen LogP contribution is 2.23. The highest BCUT2D eigenvalue weighted by atomic mass is 79.9. The summed E-state index contributed by atoms with van der Waals surface area (Å²) >= 11 is 3.48. The van der Waals surface area contributed by atoms with Crippen LogP contribution in [0.2, 0.25) is 0 Å². The van der Waals surface area contributed by atoms with E-state index in [9.17, 15) is 0 Å².